The van der Waals surface area contributed by atoms with Crippen LogP contribution in [0.2, 0.25) is 5.02 Å². The summed E-state index contributed by atoms with van der Waals surface area (Å²) in [5, 5.41) is 0.321. The second-order valence-electron chi connectivity index (χ2n) is 4.67. The lowest BCUT2D eigenvalue weighted by Gasteiger charge is -2.34. The summed E-state index contributed by atoms with van der Waals surface area (Å²) in [6.07, 6.45) is 2.53. The number of ketones is 1. The minimum atomic E-state index is -0.427. The van der Waals surface area contributed by atoms with Gasteiger partial charge in [0.2, 0.25) is 0 Å². The van der Waals surface area contributed by atoms with Crippen LogP contribution in [0.1, 0.15) is 36.5 Å². The molecule has 1 aliphatic carbocycles. The Bertz CT molecular complexity index is 441. The second kappa shape index (κ2) is 5.81. The van der Waals surface area contributed by atoms with Crippen LogP contribution in [0.3, 0.4) is 0 Å². The first-order chi connectivity index (χ1) is 8.60. The molecule has 18 heavy (non-hydrogen) atoms. The molecule has 2 rings (SSSR count). The number of carbonyl (C=O) groups is 1. The highest BCUT2D eigenvalue weighted by molar-refractivity contribution is 6.33. The standard InChI is InChI=1S/C14H16ClFO2/c1-2-18-11-5-9(6-11)7-14(17)12-8-10(16)3-4-13(12)15/h3-4,8-9,11H,2,5-7H2,1H3. The first-order valence-electron chi connectivity index (χ1n) is 6.20. The number of halogens is 2. The zero-order valence-electron chi connectivity index (χ0n) is 10.3. The second-order valence-corrected chi connectivity index (χ2v) is 5.07. The van der Waals surface area contributed by atoms with Crippen LogP contribution >= 0.6 is 11.6 Å². The molecule has 0 aliphatic heterocycles. The van der Waals surface area contributed by atoms with Crippen LogP contribution in [0.5, 0.6) is 0 Å². The predicted molar refractivity (Wildman–Crippen MR) is 68.5 cm³/mol. The Morgan fingerprint density at radius 1 is 1.50 bits per heavy atom. The predicted octanol–water partition coefficient (Wildman–Crippen LogP) is 3.87. The highest BCUT2D eigenvalue weighted by Crippen LogP contribution is 2.34. The van der Waals surface area contributed by atoms with Crippen molar-refractivity contribution < 1.29 is 13.9 Å². The average molecular weight is 271 g/mol. The van der Waals surface area contributed by atoms with Gasteiger partial charge in [-0.15, -0.1) is 0 Å². The van der Waals surface area contributed by atoms with Gasteiger partial charge in [0.25, 0.3) is 0 Å². The Labute approximate surface area is 111 Å². The molecule has 0 spiro atoms. The highest BCUT2D eigenvalue weighted by Gasteiger charge is 2.31. The smallest absolute Gasteiger partial charge is 0.164 e. The van der Waals surface area contributed by atoms with E-state index in [1.807, 2.05) is 6.92 Å². The Balaban J connectivity index is 1.91. The van der Waals surface area contributed by atoms with E-state index >= 15 is 0 Å². The van der Waals surface area contributed by atoms with Gasteiger partial charge >= 0.3 is 0 Å². The zero-order chi connectivity index (χ0) is 13.1. The first-order valence-corrected chi connectivity index (χ1v) is 6.57. The van der Waals surface area contributed by atoms with Gasteiger partial charge in [0.05, 0.1) is 11.1 Å². The lowest BCUT2D eigenvalue weighted by atomic mass is 9.78. The molecular weight excluding hydrogens is 255 g/mol. The SMILES string of the molecule is CCOC1CC(CC(=O)c2cc(F)ccc2Cl)C1. The number of hydrogen-bond acceptors (Lipinski definition) is 2. The summed E-state index contributed by atoms with van der Waals surface area (Å²) in [7, 11) is 0. The molecule has 1 saturated carbocycles. The van der Waals surface area contributed by atoms with Crippen molar-refractivity contribution in [3.63, 3.8) is 0 Å². The third kappa shape index (κ3) is 3.09. The fourth-order valence-corrected chi connectivity index (χ4v) is 2.52. The van der Waals surface area contributed by atoms with Gasteiger partial charge in [-0.3, -0.25) is 4.79 Å². The van der Waals surface area contributed by atoms with Crippen molar-refractivity contribution in [1.82, 2.24) is 0 Å². The normalized spacial score (nSPS) is 22.6. The van der Waals surface area contributed by atoms with Gasteiger partial charge in [-0.2, -0.15) is 0 Å². The number of rotatable bonds is 5. The number of benzene rings is 1. The van der Waals surface area contributed by atoms with Crippen LogP contribution < -0.4 is 0 Å². The third-order valence-electron chi connectivity index (χ3n) is 3.30. The van der Waals surface area contributed by atoms with Crippen molar-refractivity contribution in [2.24, 2.45) is 5.92 Å². The maximum absolute atomic E-state index is 13.1. The summed E-state index contributed by atoms with van der Waals surface area (Å²) in [5.74, 6) is -0.170. The summed E-state index contributed by atoms with van der Waals surface area (Å²) in [5.41, 5.74) is 0.288. The molecule has 0 radical (unpaired) electrons. The van der Waals surface area contributed by atoms with E-state index in [1.165, 1.54) is 18.2 Å². The quantitative estimate of drug-likeness (QED) is 0.759. The van der Waals surface area contributed by atoms with E-state index in [0.29, 0.717) is 24.0 Å². The molecule has 0 aromatic heterocycles. The molecule has 1 aromatic rings. The Morgan fingerprint density at radius 3 is 2.89 bits per heavy atom. The van der Waals surface area contributed by atoms with Crippen LogP contribution in [0.4, 0.5) is 4.39 Å². The lowest BCUT2D eigenvalue weighted by molar-refractivity contribution is -0.0246. The Hall–Kier alpha value is -0.930. The molecular formula is C14H16ClFO2. The topological polar surface area (TPSA) is 26.3 Å². The van der Waals surface area contributed by atoms with Crippen LogP contribution in [0, 0.1) is 11.7 Å². The van der Waals surface area contributed by atoms with Crippen molar-refractivity contribution in [2.45, 2.75) is 32.3 Å². The third-order valence-corrected chi connectivity index (χ3v) is 3.63. The van der Waals surface area contributed by atoms with E-state index < -0.39 is 5.82 Å². The lowest BCUT2D eigenvalue weighted by Crippen LogP contribution is -2.32. The van der Waals surface area contributed by atoms with E-state index in [4.69, 9.17) is 16.3 Å². The zero-order valence-corrected chi connectivity index (χ0v) is 11.0. The number of hydrogen-bond donors (Lipinski definition) is 0. The maximum Gasteiger partial charge on any atom is 0.164 e. The van der Waals surface area contributed by atoms with Crippen LogP contribution in [-0.4, -0.2) is 18.5 Å². The van der Waals surface area contributed by atoms with Gasteiger partial charge in [0.1, 0.15) is 5.82 Å². The molecule has 1 aliphatic rings. The molecule has 1 fully saturated rings. The average Bonchev–Trinajstić information content (AvgIpc) is 2.29. The monoisotopic (exact) mass is 270 g/mol. The van der Waals surface area contributed by atoms with Crippen LogP contribution in [0.15, 0.2) is 18.2 Å². The van der Waals surface area contributed by atoms with Gasteiger partial charge in [0, 0.05) is 18.6 Å². The molecule has 4 heteroatoms. The van der Waals surface area contributed by atoms with Crippen LogP contribution in [-0.2, 0) is 4.74 Å². The van der Waals surface area contributed by atoms with E-state index in [2.05, 4.69) is 0 Å². The van der Waals surface area contributed by atoms with Gasteiger partial charge in [0.15, 0.2) is 5.78 Å². The van der Waals surface area contributed by atoms with Crippen molar-refractivity contribution in [2.75, 3.05) is 6.61 Å². The number of carbonyl (C=O) groups excluding carboxylic acids is 1. The molecule has 1 aromatic carbocycles. The van der Waals surface area contributed by atoms with E-state index in [0.717, 1.165) is 12.8 Å². The van der Waals surface area contributed by atoms with Crippen molar-refractivity contribution in [3.8, 4) is 0 Å². The fraction of sp³-hybridized carbons (Fsp3) is 0.500. The van der Waals surface area contributed by atoms with E-state index in [1.54, 1.807) is 0 Å². The van der Waals surface area contributed by atoms with Gasteiger partial charge in [-0.05, 0) is 43.9 Å². The Morgan fingerprint density at radius 2 is 2.22 bits per heavy atom. The minimum absolute atomic E-state index is 0.0838. The van der Waals surface area contributed by atoms with Crippen molar-refractivity contribution in [3.05, 3.63) is 34.6 Å². The molecule has 0 saturated heterocycles. The Kier molecular flexibility index (Phi) is 4.36. The summed E-state index contributed by atoms with van der Waals surface area (Å²) in [6.45, 7) is 2.67. The van der Waals surface area contributed by atoms with Gasteiger partial charge in [-0.25, -0.2) is 4.39 Å². The van der Waals surface area contributed by atoms with Gasteiger partial charge < -0.3 is 4.74 Å². The molecule has 0 atom stereocenters. The van der Waals surface area contributed by atoms with E-state index in [9.17, 15) is 9.18 Å². The summed E-state index contributed by atoms with van der Waals surface area (Å²) in [6, 6.07) is 3.89. The maximum atomic E-state index is 13.1. The molecule has 0 heterocycles. The van der Waals surface area contributed by atoms with Crippen LogP contribution in [0.25, 0.3) is 0 Å². The highest BCUT2D eigenvalue weighted by atomic mass is 35.5. The molecule has 0 N–H and O–H groups in total. The number of ether oxygens (including phenoxy) is 1. The van der Waals surface area contributed by atoms with Gasteiger partial charge in [-0.1, -0.05) is 11.6 Å². The largest absolute Gasteiger partial charge is 0.378 e. The minimum Gasteiger partial charge on any atom is -0.378 e. The van der Waals surface area contributed by atoms with Crippen molar-refractivity contribution in [1.29, 1.82) is 0 Å². The summed E-state index contributed by atoms with van der Waals surface area (Å²) < 4.78 is 18.5. The fourth-order valence-electron chi connectivity index (χ4n) is 2.30. The summed E-state index contributed by atoms with van der Waals surface area (Å²) in [4.78, 5) is 12.0. The molecule has 0 amide bonds. The molecule has 2 nitrogen and oxygen atoms in total. The number of Topliss-reactive ketones (excluding diaryl/α,β-unsaturated/α-hetero) is 1. The van der Waals surface area contributed by atoms with E-state index in [-0.39, 0.29) is 17.5 Å². The molecule has 0 bridgehead atoms. The van der Waals surface area contributed by atoms with Crippen molar-refractivity contribution >= 4 is 17.4 Å². The summed E-state index contributed by atoms with van der Waals surface area (Å²) >= 11 is 5.90. The molecule has 98 valence electrons. The molecule has 0 unspecified atom stereocenters. The first kappa shape index (κ1) is 13.5.